The number of fused-ring (bicyclic) bond motifs is 1. The van der Waals surface area contributed by atoms with Crippen molar-refractivity contribution in [3.8, 4) is 23.0 Å². The molecule has 0 spiro atoms. The zero-order valence-corrected chi connectivity index (χ0v) is 15.3. The molecule has 0 saturated heterocycles. The van der Waals surface area contributed by atoms with Gasteiger partial charge in [0.1, 0.15) is 17.2 Å². The number of imidazole rings is 1. The Bertz CT molecular complexity index is 1040. The van der Waals surface area contributed by atoms with Crippen LogP contribution in [-0.4, -0.2) is 30.1 Å². The van der Waals surface area contributed by atoms with Crippen LogP contribution in [-0.2, 0) is 6.42 Å². The molecule has 0 fully saturated rings. The van der Waals surface area contributed by atoms with Gasteiger partial charge in [0.2, 0.25) is 0 Å². The number of ether oxygens (including phenoxy) is 2. The van der Waals surface area contributed by atoms with E-state index in [0.29, 0.717) is 0 Å². The third-order valence-corrected chi connectivity index (χ3v) is 4.44. The highest BCUT2D eigenvalue weighted by Crippen LogP contribution is 2.30. The van der Waals surface area contributed by atoms with Gasteiger partial charge in [-0.05, 0) is 48.4 Å². The van der Waals surface area contributed by atoms with Crippen molar-refractivity contribution in [1.82, 2.24) is 9.38 Å². The maximum atomic E-state index is 5.56. The molecule has 6 nitrogen and oxygen atoms in total. The molecule has 4 rings (SSSR count). The standard InChI is InChI=1S/C21H21N3O3/c1-25-16-9-8-15(14-18(16)26-2)10-11-22-21-20(17-6-5-13-27-17)23-19-7-3-4-12-24(19)21/h3-9,12-14,22H,10-11H2,1-2H3. The van der Waals surface area contributed by atoms with E-state index in [4.69, 9.17) is 18.9 Å². The van der Waals surface area contributed by atoms with Crippen molar-refractivity contribution in [3.05, 3.63) is 66.6 Å². The van der Waals surface area contributed by atoms with Gasteiger partial charge in [0.05, 0.1) is 20.5 Å². The second kappa shape index (κ2) is 7.45. The first-order valence-corrected chi connectivity index (χ1v) is 8.76. The van der Waals surface area contributed by atoms with Crippen LogP contribution in [0.3, 0.4) is 0 Å². The number of benzene rings is 1. The van der Waals surface area contributed by atoms with E-state index in [0.717, 1.165) is 52.9 Å². The summed E-state index contributed by atoms with van der Waals surface area (Å²) in [5.41, 5.74) is 2.84. The molecule has 27 heavy (non-hydrogen) atoms. The molecule has 3 heterocycles. The molecule has 0 unspecified atom stereocenters. The Morgan fingerprint density at radius 2 is 1.93 bits per heavy atom. The van der Waals surface area contributed by atoms with Crippen LogP contribution in [0, 0.1) is 0 Å². The van der Waals surface area contributed by atoms with Crippen LogP contribution < -0.4 is 14.8 Å². The lowest BCUT2D eigenvalue weighted by molar-refractivity contribution is 0.354. The molecule has 1 N–H and O–H groups in total. The summed E-state index contributed by atoms with van der Waals surface area (Å²) in [6, 6.07) is 15.7. The number of hydrogen-bond donors (Lipinski definition) is 1. The lowest BCUT2D eigenvalue weighted by Crippen LogP contribution is -2.08. The van der Waals surface area contributed by atoms with Gasteiger partial charge in [0.25, 0.3) is 0 Å². The average molecular weight is 363 g/mol. The number of aromatic nitrogens is 2. The number of nitrogens with zero attached hydrogens (tertiary/aromatic N) is 2. The van der Waals surface area contributed by atoms with E-state index in [9.17, 15) is 0 Å². The normalized spacial score (nSPS) is 10.9. The SMILES string of the molecule is COc1ccc(CCNc2c(-c3ccco3)nc3ccccn23)cc1OC. The third kappa shape index (κ3) is 3.33. The molecule has 0 amide bonds. The van der Waals surface area contributed by atoms with Crippen LogP contribution in [0.5, 0.6) is 11.5 Å². The van der Waals surface area contributed by atoms with E-state index in [1.165, 1.54) is 0 Å². The summed E-state index contributed by atoms with van der Waals surface area (Å²) in [6.45, 7) is 0.742. The predicted molar refractivity (Wildman–Crippen MR) is 105 cm³/mol. The first-order chi connectivity index (χ1) is 13.3. The summed E-state index contributed by atoms with van der Waals surface area (Å²) in [5.74, 6) is 3.13. The number of methoxy groups -OCH3 is 2. The van der Waals surface area contributed by atoms with E-state index < -0.39 is 0 Å². The van der Waals surface area contributed by atoms with E-state index in [1.54, 1.807) is 20.5 Å². The lowest BCUT2D eigenvalue weighted by Gasteiger charge is -2.11. The monoisotopic (exact) mass is 363 g/mol. The summed E-state index contributed by atoms with van der Waals surface area (Å²) < 4.78 is 18.3. The summed E-state index contributed by atoms with van der Waals surface area (Å²) >= 11 is 0. The van der Waals surface area contributed by atoms with Gasteiger partial charge < -0.3 is 19.2 Å². The fraction of sp³-hybridized carbons (Fsp3) is 0.190. The lowest BCUT2D eigenvalue weighted by atomic mass is 10.1. The Balaban J connectivity index is 1.56. The van der Waals surface area contributed by atoms with Crippen LogP contribution in [0.1, 0.15) is 5.56 Å². The largest absolute Gasteiger partial charge is 0.493 e. The summed E-state index contributed by atoms with van der Waals surface area (Å²) in [7, 11) is 3.29. The molecule has 0 radical (unpaired) electrons. The Hall–Kier alpha value is -3.41. The molecule has 0 aliphatic heterocycles. The fourth-order valence-corrected chi connectivity index (χ4v) is 3.11. The molecular formula is C21H21N3O3. The fourth-order valence-electron chi connectivity index (χ4n) is 3.11. The first-order valence-electron chi connectivity index (χ1n) is 8.76. The van der Waals surface area contributed by atoms with Crippen molar-refractivity contribution in [3.63, 3.8) is 0 Å². The molecule has 0 atom stereocenters. The van der Waals surface area contributed by atoms with Crippen molar-refractivity contribution < 1.29 is 13.9 Å². The minimum Gasteiger partial charge on any atom is -0.493 e. The second-order valence-electron chi connectivity index (χ2n) is 6.08. The van der Waals surface area contributed by atoms with Crippen LogP contribution in [0.25, 0.3) is 17.1 Å². The van der Waals surface area contributed by atoms with Crippen molar-refractivity contribution in [2.24, 2.45) is 0 Å². The van der Waals surface area contributed by atoms with Gasteiger partial charge in [-0.2, -0.15) is 0 Å². The maximum absolute atomic E-state index is 5.56. The van der Waals surface area contributed by atoms with Crippen molar-refractivity contribution in [2.45, 2.75) is 6.42 Å². The Morgan fingerprint density at radius 1 is 1.04 bits per heavy atom. The number of rotatable bonds is 7. The predicted octanol–water partition coefficient (Wildman–Crippen LogP) is 4.27. The zero-order valence-electron chi connectivity index (χ0n) is 15.3. The van der Waals surface area contributed by atoms with E-state index in [1.807, 2.05) is 59.1 Å². The first kappa shape index (κ1) is 17.0. The van der Waals surface area contributed by atoms with Gasteiger partial charge in [0.15, 0.2) is 17.3 Å². The number of pyridine rings is 1. The smallest absolute Gasteiger partial charge is 0.160 e. The van der Waals surface area contributed by atoms with Crippen molar-refractivity contribution >= 4 is 11.5 Å². The molecule has 4 aromatic rings. The average Bonchev–Trinajstić information content (AvgIpc) is 3.36. The molecule has 0 bridgehead atoms. The minimum atomic E-state index is 0.732. The summed E-state index contributed by atoms with van der Waals surface area (Å²) in [5, 5.41) is 3.51. The number of anilines is 1. The van der Waals surface area contributed by atoms with Crippen LogP contribution in [0.4, 0.5) is 5.82 Å². The Labute approximate surface area is 157 Å². The molecule has 0 saturated carbocycles. The van der Waals surface area contributed by atoms with Gasteiger partial charge in [-0.3, -0.25) is 4.40 Å². The van der Waals surface area contributed by atoms with Gasteiger partial charge >= 0.3 is 0 Å². The van der Waals surface area contributed by atoms with E-state index >= 15 is 0 Å². The molecule has 6 heteroatoms. The van der Waals surface area contributed by atoms with Crippen LogP contribution in [0.2, 0.25) is 0 Å². The highest BCUT2D eigenvalue weighted by Gasteiger charge is 2.15. The third-order valence-electron chi connectivity index (χ3n) is 4.44. The molecule has 1 aromatic carbocycles. The van der Waals surface area contributed by atoms with E-state index in [-0.39, 0.29) is 0 Å². The van der Waals surface area contributed by atoms with Crippen molar-refractivity contribution in [2.75, 3.05) is 26.1 Å². The van der Waals surface area contributed by atoms with Crippen LogP contribution >= 0.6 is 0 Å². The molecule has 0 aliphatic rings. The number of hydrogen-bond acceptors (Lipinski definition) is 5. The van der Waals surface area contributed by atoms with Gasteiger partial charge in [0, 0.05) is 12.7 Å². The second-order valence-corrected chi connectivity index (χ2v) is 6.08. The summed E-state index contributed by atoms with van der Waals surface area (Å²) in [6.07, 6.45) is 4.48. The molecular weight excluding hydrogens is 342 g/mol. The Morgan fingerprint density at radius 3 is 2.70 bits per heavy atom. The topological polar surface area (TPSA) is 60.9 Å². The van der Waals surface area contributed by atoms with E-state index in [2.05, 4.69) is 5.32 Å². The maximum Gasteiger partial charge on any atom is 0.160 e. The quantitative estimate of drug-likeness (QED) is 0.531. The molecule has 0 aliphatic carbocycles. The highest BCUT2D eigenvalue weighted by atomic mass is 16.5. The number of nitrogens with one attached hydrogen (secondary N) is 1. The van der Waals surface area contributed by atoms with Gasteiger partial charge in [-0.15, -0.1) is 0 Å². The van der Waals surface area contributed by atoms with Gasteiger partial charge in [-0.25, -0.2) is 4.98 Å². The van der Waals surface area contributed by atoms with Crippen molar-refractivity contribution in [1.29, 1.82) is 0 Å². The molecule has 138 valence electrons. The molecule has 3 aromatic heterocycles. The summed E-state index contributed by atoms with van der Waals surface area (Å²) in [4.78, 5) is 4.70. The highest BCUT2D eigenvalue weighted by molar-refractivity contribution is 5.73. The van der Waals surface area contributed by atoms with Gasteiger partial charge in [-0.1, -0.05) is 12.1 Å². The Kier molecular flexibility index (Phi) is 4.70. The minimum absolute atomic E-state index is 0.732. The van der Waals surface area contributed by atoms with Crippen LogP contribution in [0.15, 0.2) is 65.4 Å². The zero-order chi connectivity index (χ0) is 18.6. The number of furan rings is 1.